The van der Waals surface area contributed by atoms with Gasteiger partial charge in [-0.3, -0.25) is 4.79 Å². The lowest BCUT2D eigenvalue weighted by atomic mass is 10.1. The van der Waals surface area contributed by atoms with E-state index in [-0.39, 0.29) is 19.4 Å². The van der Waals surface area contributed by atoms with Crippen molar-refractivity contribution in [1.82, 2.24) is 20.2 Å². The third-order valence-electron chi connectivity index (χ3n) is 2.79. The molecule has 0 spiro atoms. The summed E-state index contributed by atoms with van der Waals surface area (Å²) >= 11 is 0. The molecule has 0 amide bonds. The Kier molecular flexibility index (Phi) is 4.20. The molecule has 0 aliphatic carbocycles. The highest BCUT2D eigenvalue weighted by Crippen LogP contribution is 2.29. The van der Waals surface area contributed by atoms with Crippen molar-refractivity contribution in [2.75, 3.05) is 0 Å². The molecule has 0 unspecified atom stereocenters. The van der Waals surface area contributed by atoms with E-state index in [1.807, 2.05) is 0 Å². The quantitative estimate of drug-likeness (QED) is 0.910. The minimum absolute atomic E-state index is 0.109. The minimum atomic E-state index is -4.37. The number of aliphatic carboxylic acids is 1. The van der Waals surface area contributed by atoms with Crippen LogP contribution in [0.25, 0.3) is 0 Å². The molecule has 0 saturated heterocycles. The zero-order chi connectivity index (χ0) is 15.5. The number of benzene rings is 1. The van der Waals surface area contributed by atoms with Crippen LogP contribution in [-0.4, -0.2) is 31.3 Å². The summed E-state index contributed by atoms with van der Waals surface area (Å²) in [5.41, 5.74) is -0.119. The van der Waals surface area contributed by atoms with Gasteiger partial charge in [-0.05, 0) is 28.1 Å². The number of carboxylic acid groups (broad SMARTS) is 1. The van der Waals surface area contributed by atoms with Crippen LogP contribution in [-0.2, 0) is 23.9 Å². The second-order valence-electron chi connectivity index (χ2n) is 4.33. The number of hydrogen-bond acceptors (Lipinski definition) is 4. The molecule has 1 heterocycles. The molecule has 0 saturated carbocycles. The average molecular weight is 300 g/mol. The van der Waals surface area contributed by atoms with Gasteiger partial charge in [0.05, 0.1) is 18.5 Å². The molecule has 0 aliphatic rings. The lowest BCUT2D eigenvalue weighted by molar-refractivity contribution is -0.138. The fraction of sp³-hybridized carbons (Fsp3) is 0.333. The van der Waals surface area contributed by atoms with Crippen LogP contribution in [0.3, 0.4) is 0 Å². The first-order valence-corrected chi connectivity index (χ1v) is 5.99. The third-order valence-corrected chi connectivity index (χ3v) is 2.79. The van der Waals surface area contributed by atoms with E-state index in [0.29, 0.717) is 11.4 Å². The van der Waals surface area contributed by atoms with Gasteiger partial charge in [0.25, 0.3) is 0 Å². The van der Waals surface area contributed by atoms with E-state index in [0.717, 1.165) is 12.1 Å². The highest BCUT2D eigenvalue weighted by atomic mass is 19.4. The van der Waals surface area contributed by atoms with Crippen LogP contribution < -0.4 is 0 Å². The van der Waals surface area contributed by atoms with Crippen molar-refractivity contribution in [3.8, 4) is 0 Å². The molecule has 1 aromatic carbocycles. The van der Waals surface area contributed by atoms with Crippen LogP contribution in [0.15, 0.2) is 24.3 Å². The Bertz CT molecular complexity index is 622. The molecular weight excluding hydrogens is 289 g/mol. The van der Waals surface area contributed by atoms with E-state index in [4.69, 9.17) is 5.11 Å². The van der Waals surface area contributed by atoms with Crippen molar-refractivity contribution < 1.29 is 23.1 Å². The van der Waals surface area contributed by atoms with Gasteiger partial charge in [-0.1, -0.05) is 12.1 Å². The summed E-state index contributed by atoms with van der Waals surface area (Å²) in [4.78, 5) is 10.5. The zero-order valence-electron chi connectivity index (χ0n) is 10.7. The van der Waals surface area contributed by atoms with Crippen molar-refractivity contribution in [2.24, 2.45) is 0 Å². The second kappa shape index (κ2) is 5.90. The first-order chi connectivity index (χ1) is 9.86. The molecule has 0 atom stereocenters. The first-order valence-electron chi connectivity index (χ1n) is 5.99. The van der Waals surface area contributed by atoms with E-state index in [9.17, 15) is 18.0 Å². The molecule has 0 bridgehead atoms. The maximum Gasteiger partial charge on any atom is 0.416 e. The van der Waals surface area contributed by atoms with Gasteiger partial charge in [-0.15, -0.1) is 5.10 Å². The number of hydrogen-bond donors (Lipinski definition) is 1. The second-order valence-corrected chi connectivity index (χ2v) is 4.33. The van der Waals surface area contributed by atoms with Crippen LogP contribution in [0.4, 0.5) is 13.2 Å². The molecule has 1 N–H and O–H groups in total. The van der Waals surface area contributed by atoms with Gasteiger partial charge < -0.3 is 5.11 Å². The number of carboxylic acids is 1. The summed E-state index contributed by atoms with van der Waals surface area (Å²) in [6.45, 7) is 0.109. The molecular formula is C12H11F3N4O2. The van der Waals surface area contributed by atoms with Crippen molar-refractivity contribution in [3.05, 3.63) is 41.2 Å². The average Bonchev–Trinajstić information content (AvgIpc) is 2.83. The number of aryl methyl sites for hydroxylation is 1. The highest BCUT2D eigenvalue weighted by molar-refractivity contribution is 5.66. The smallest absolute Gasteiger partial charge is 0.416 e. The Labute approximate surface area is 117 Å². The minimum Gasteiger partial charge on any atom is -0.481 e. The molecule has 21 heavy (non-hydrogen) atoms. The van der Waals surface area contributed by atoms with Gasteiger partial charge in [0.1, 0.15) is 0 Å². The molecule has 0 aliphatic heterocycles. The number of nitrogens with zero attached hydrogens (tertiary/aromatic N) is 4. The molecule has 0 radical (unpaired) electrons. The first kappa shape index (κ1) is 14.9. The predicted octanol–water partition coefficient (Wildman–Crippen LogP) is 1.76. The third kappa shape index (κ3) is 4.01. The summed E-state index contributed by atoms with van der Waals surface area (Å²) in [6, 6.07) is 4.67. The largest absolute Gasteiger partial charge is 0.481 e. The number of carbonyl (C=O) groups is 1. The molecule has 1 aromatic heterocycles. The lowest BCUT2D eigenvalue weighted by Gasteiger charge is -2.07. The standard InChI is InChI=1S/C12H11F3N4O2/c13-12(14,15)9-3-1-8(2-4-9)7-10-16-17-18-19(10)6-5-11(20)21/h1-4H,5-7H2,(H,20,21). The number of aromatic nitrogens is 4. The molecule has 0 fully saturated rings. The number of tetrazole rings is 1. The molecule has 112 valence electrons. The van der Waals surface area contributed by atoms with Crippen LogP contribution in [0.1, 0.15) is 23.4 Å². The summed E-state index contributed by atoms with van der Waals surface area (Å²) < 4.78 is 38.7. The van der Waals surface area contributed by atoms with Gasteiger partial charge in [0.15, 0.2) is 5.82 Å². The Morgan fingerprint density at radius 1 is 1.24 bits per heavy atom. The Balaban J connectivity index is 2.08. The predicted molar refractivity (Wildman–Crippen MR) is 64.3 cm³/mol. The summed E-state index contributed by atoms with van der Waals surface area (Å²) in [6.07, 6.45) is -4.28. The summed E-state index contributed by atoms with van der Waals surface area (Å²) in [5.74, 6) is -0.581. The van der Waals surface area contributed by atoms with Crippen molar-refractivity contribution in [3.63, 3.8) is 0 Å². The molecule has 2 rings (SSSR count). The summed E-state index contributed by atoms with van der Waals surface area (Å²) in [5, 5.41) is 19.5. The molecule has 9 heteroatoms. The topological polar surface area (TPSA) is 80.9 Å². The highest BCUT2D eigenvalue weighted by Gasteiger charge is 2.29. The van der Waals surface area contributed by atoms with Crippen LogP contribution in [0, 0.1) is 0 Å². The van der Waals surface area contributed by atoms with Gasteiger partial charge in [-0.2, -0.15) is 13.2 Å². The lowest BCUT2D eigenvalue weighted by Crippen LogP contribution is -2.10. The van der Waals surface area contributed by atoms with Crippen molar-refractivity contribution in [2.45, 2.75) is 25.6 Å². The monoisotopic (exact) mass is 300 g/mol. The SMILES string of the molecule is O=C(O)CCn1nnnc1Cc1ccc(C(F)(F)F)cc1. The van der Waals surface area contributed by atoms with Gasteiger partial charge in [-0.25, -0.2) is 4.68 Å². The normalized spacial score (nSPS) is 11.6. The van der Waals surface area contributed by atoms with E-state index in [1.165, 1.54) is 16.8 Å². The van der Waals surface area contributed by atoms with Crippen molar-refractivity contribution >= 4 is 5.97 Å². The molecule has 2 aromatic rings. The van der Waals surface area contributed by atoms with E-state index in [1.54, 1.807) is 0 Å². The van der Waals surface area contributed by atoms with Crippen LogP contribution >= 0.6 is 0 Å². The maximum absolute atomic E-state index is 12.4. The summed E-state index contributed by atoms with van der Waals surface area (Å²) in [7, 11) is 0. The number of halogens is 3. The Morgan fingerprint density at radius 3 is 2.48 bits per heavy atom. The zero-order valence-corrected chi connectivity index (χ0v) is 10.7. The molecule has 6 nitrogen and oxygen atoms in total. The number of alkyl halides is 3. The van der Waals surface area contributed by atoms with Crippen molar-refractivity contribution in [1.29, 1.82) is 0 Å². The van der Waals surface area contributed by atoms with E-state index in [2.05, 4.69) is 15.5 Å². The fourth-order valence-corrected chi connectivity index (χ4v) is 1.72. The van der Waals surface area contributed by atoms with Gasteiger partial charge in [0.2, 0.25) is 0 Å². The van der Waals surface area contributed by atoms with Gasteiger partial charge >= 0.3 is 12.1 Å². The van der Waals surface area contributed by atoms with Crippen LogP contribution in [0.2, 0.25) is 0 Å². The van der Waals surface area contributed by atoms with Gasteiger partial charge in [0, 0.05) is 6.42 Å². The Morgan fingerprint density at radius 2 is 1.90 bits per heavy atom. The fourth-order valence-electron chi connectivity index (χ4n) is 1.72. The van der Waals surface area contributed by atoms with Crippen LogP contribution in [0.5, 0.6) is 0 Å². The Hall–Kier alpha value is -2.45. The maximum atomic E-state index is 12.4. The van der Waals surface area contributed by atoms with E-state index < -0.39 is 17.7 Å². The van der Waals surface area contributed by atoms with E-state index >= 15 is 0 Å². The number of rotatable bonds is 5.